The van der Waals surface area contributed by atoms with Gasteiger partial charge in [0.2, 0.25) is 0 Å². The van der Waals surface area contributed by atoms with Gasteiger partial charge in [0.05, 0.1) is 18.6 Å². The van der Waals surface area contributed by atoms with Crippen molar-refractivity contribution in [1.82, 2.24) is 10.3 Å². The Kier molecular flexibility index (Phi) is 3.20. The molecule has 0 saturated carbocycles. The smallest absolute Gasteiger partial charge is 0.324 e. The van der Waals surface area contributed by atoms with Crippen LogP contribution in [0.2, 0.25) is 0 Å². The fourth-order valence-electron chi connectivity index (χ4n) is 4.27. The average molecular weight is 334 g/mol. The third kappa shape index (κ3) is 2.06. The number of para-hydroxylation sites is 1. The van der Waals surface area contributed by atoms with Crippen LogP contribution in [0.1, 0.15) is 28.8 Å². The average Bonchev–Trinajstić information content (AvgIpc) is 3.19. The lowest BCUT2D eigenvalue weighted by Gasteiger charge is -2.33. The second kappa shape index (κ2) is 5.44. The van der Waals surface area contributed by atoms with Crippen LogP contribution in [0.4, 0.5) is 0 Å². The molecule has 3 N–H and O–H groups in total. The molecule has 5 heteroatoms. The monoisotopic (exact) mass is 334 g/mol. The predicted octanol–water partition coefficient (Wildman–Crippen LogP) is 2.23. The zero-order valence-corrected chi connectivity index (χ0v) is 13.5. The zero-order chi connectivity index (χ0) is 17.0. The molecule has 0 aliphatic carbocycles. The number of aromatic nitrogens is 1. The van der Waals surface area contributed by atoms with E-state index in [1.165, 1.54) is 0 Å². The van der Waals surface area contributed by atoms with Crippen LogP contribution < -0.4 is 5.32 Å². The van der Waals surface area contributed by atoms with Crippen molar-refractivity contribution in [2.24, 2.45) is 0 Å². The summed E-state index contributed by atoms with van der Waals surface area (Å²) in [5.41, 5.74) is 4.25. The topological polar surface area (TPSA) is 74.3 Å². The number of aromatic amines is 1. The Hall–Kier alpha value is -2.63. The van der Waals surface area contributed by atoms with Crippen molar-refractivity contribution >= 4 is 16.9 Å². The number of nitrogens with one attached hydrogen (secondary N) is 2. The highest BCUT2D eigenvalue weighted by Crippen LogP contribution is 2.45. The molecule has 1 aromatic heterocycles. The summed E-state index contributed by atoms with van der Waals surface area (Å²) >= 11 is 0. The molecule has 5 nitrogen and oxygen atoms in total. The van der Waals surface area contributed by atoms with Crippen LogP contribution in [0.25, 0.3) is 10.9 Å². The van der Waals surface area contributed by atoms with Gasteiger partial charge in [0.25, 0.3) is 0 Å². The standard InChI is InChI=1S/C20H18N2O3/c23-10-14-16-15-12-8-4-5-9-13(12)21-18(15)17(11-6-2-1-3-7-11)22-19(16)20(24)25-14/h1-9,14,16-17,19,21-23H,10H2/t14-,16-,17+,19+/m1/s1. The van der Waals surface area contributed by atoms with E-state index in [2.05, 4.69) is 28.5 Å². The van der Waals surface area contributed by atoms with Crippen LogP contribution >= 0.6 is 0 Å². The van der Waals surface area contributed by atoms with Crippen LogP contribution in [-0.4, -0.2) is 34.8 Å². The van der Waals surface area contributed by atoms with E-state index in [4.69, 9.17) is 4.74 Å². The highest BCUT2D eigenvalue weighted by Gasteiger charge is 2.51. The molecule has 0 amide bonds. The van der Waals surface area contributed by atoms with E-state index in [1.807, 2.05) is 36.4 Å². The first-order valence-corrected chi connectivity index (χ1v) is 8.51. The van der Waals surface area contributed by atoms with Crippen LogP contribution in [0.5, 0.6) is 0 Å². The molecular formula is C20H18N2O3. The fraction of sp³-hybridized carbons (Fsp3) is 0.250. The number of hydrogen-bond donors (Lipinski definition) is 3. The van der Waals surface area contributed by atoms with Crippen LogP contribution in [0.15, 0.2) is 54.6 Å². The summed E-state index contributed by atoms with van der Waals surface area (Å²) in [5, 5.41) is 14.3. The molecule has 1 saturated heterocycles. The van der Waals surface area contributed by atoms with Crippen molar-refractivity contribution in [1.29, 1.82) is 0 Å². The third-order valence-electron chi connectivity index (χ3n) is 5.34. The lowest BCUT2D eigenvalue weighted by Crippen LogP contribution is -2.45. The van der Waals surface area contributed by atoms with E-state index >= 15 is 0 Å². The van der Waals surface area contributed by atoms with Crippen molar-refractivity contribution < 1.29 is 14.6 Å². The van der Waals surface area contributed by atoms with E-state index in [0.29, 0.717) is 0 Å². The molecule has 0 bridgehead atoms. The Morgan fingerprint density at radius 2 is 1.80 bits per heavy atom. The van der Waals surface area contributed by atoms with Crippen molar-refractivity contribution in [3.63, 3.8) is 0 Å². The Bertz CT molecular complexity index is 950. The number of cyclic esters (lactones) is 1. The maximum absolute atomic E-state index is 12.4. The number of carbonyl (C=O) groups excluding carboxylic acids is 1. The third-order valence-corrected chi connectivity index (χ3v) is 5.34. The minimum atomic E-state index is -0.514. The van der Waals surface area contributed by atoms with Gasteiger partial charge in [-0.25, -0.2) is 0 Å². The van der Waals surface area contributed by atoms with Gasteiger partial charge < -0.3 is 14.8 Å². The summed E-state index contributed by atoms with van der Waals surface area (Å²) in [4.78, 5) is 15.9. The number of esters is 1. The zero-order valence-electron chi connectivity index (χ0n) is 13.5. The van der Waals surface area contributed by atoms with Gasteiger partial charge in [-0.3, -0.25) is 10.1 Å². The molecule has 3 aromatic rings. The lowest BCUT2D eigenvalue weighted by molar-refractivity contribution is -0.144. The second-order valence-corrected chi connectivity index (χ2v) is 6.67. The molecule has 5 rings (SSSR count). The first kappa shape index (κ1) is 14.7. The van der Waals surface area contributed by atoms with Crippen molar-refractivity contribution in [2.45, 2.75) is 24.1 Å². The van der Waals surface area contributed by atoms with E-state index in [9.17, 15) is 9.90 Å². The molecule has 2 aliphatic heterocycles. The van der Waals surface area contributed by atoms with Gasteiger partial charge in [-0.1, -0.05) is 48.5 Å². The van der Waals surface area contributed by atoms with Gasteiger partial charge >= 0.3 is 5.97 Å². The predicted molar refractivity (Wildman–Crippen MR) is 93.2 cm³/mol. The SMILES string of the molecule is O=C1O[C@H](CO)[C@@H]2c3c([nH]c4ccccc34)[C@H](c3ccccc3)N[C@H]12. The molecule has 4 atom stereocenters. The molecule has 0 unspecified atom stereocenters. The number of rotatable bonds is 2. The summed E-state index contributed by atoms with van der Waals surface area (Å²) in [7, 11) is 0. The second-order valence-electron chi connectivity index (χ2n) is 6.67. The Labute approximate surface area is 144 Å². The number of hydrogen-bond acceptors (Lipinski definition) is 4. The minimum Gasteiger partial charge on any atom is -0.458 e. The summed E-state index contributed by atoms with van der Waals surface area (Å²) in [6, 6.07) is 17.6. The summed E-state index contributed by atoms with van der Waals surface area (Å²) in [6.45, 7) is -0.177. The highest BCUT2D eigenvalue weighted by molar-refractivity contribution is 5.90. The number of ether oxygens (including phenoxy) is 1. The Morgan fingerprint density at radius 1 is 1.04 bits per heavy atom. The van der Waals surface area contributed by atoms with Gasteiger partial charge in [0, 0.05) is 16.6 Å². The quantitative estimate of drug-likeness (QED) is 0.628. The summed E-state index contributed by atoms with van der Waals surface area (Å²) < 4.78 is 5.45. The number of aliphatic hydroxyl groups is 1. The summed E-state index contributed by atoms with van der Waals surface area (Å²) in [5.74, 6) is -0.482. The first-order chi connectivity index (χ1) is 12.3. The van der Waals surface area contributed by atoms with Crippen molar-refractivity contribution in [3.8, 4) is 0 Å². The van der Waals surface area contributed by atoms with Gasteiger partial charge in [-0.05, 0) is 17.2 Å². The number of aliphatic hydroxyl groups excluding tert-OH is 1. The molecule has 0 radical (unpaired) electrons. The van der Waals surface area contributed by atoms with Crippen LogP contribution in [0, 0.1) is 0 Å². The Balaban J connectivity index is 1.76. The fourth-order valence-corrected chi connectivity index (χ4v) is 4.27. The molecule has 2 aromatic carbocycles. The number of H-pyrrole nitrogens is 1. The van der Waals surface area contributed by atoms with E-state index < -0.39 is 12.1 Å². The number of fused-ring (bicyclic) bond motifs is 5. The summed E-state index contributed by atoms with van der Waals surface area (Å²) in [6.07, 6.45) is -0.514. The van der Waals surface area contributed by atoms with Crippen molar-refractivity contribution in [3.05, 3.63) is 71.4 Å². The highest BCUT2D eigenvalue weighted by atomic mass is 16.6. The maximum Gasteiger partial charge on any atom is 0.324 e. The minimum absolute atomic E-state index is 0.116. The molecule has 3 heterocycles. The van der Waals surface area contributed by atoms with Gasteiger partial charge in [-0.15, -0.1) is 0 Å². The normalized spacial score (nSPS) is 27.8. The molecule has 25 heavy (non-hydrogen) atoms. The van der Waals surface area contributed by atoms with Crippen LogP contribution in [0.3, 0.4) is 0 Å². The lowest BCUT2D eigenvalue weighted by atomic mass is 9.80. The molecule has 0 spiro atoms. The molecule has 126 valence electrons. The molecule has 1 fully saturated rings. The van der Waals surface area contributed by atoms with E-state index in [-0.39, 0.29) is 24.5 Å². The van der Waals surface area contributed by atoms with Gasteiger partial charge in [0.15, 0.2) is 0 Å². The van der Waals surface area contributed by atoms with Crippen LogP contribution in [-0.2, 0) is 9.53 Å². The largest absolute Gasteiger partial charge is 0.458 e. The molecule has 2 aliphatic rings. The number of benzene rings is 2. The van der Waals surface area contributed by atoms with Gasteiger partial charge in [-0.2, -0.15) is 0 Å². The number of carbonyl (C=O) groups is 1. The van der Waals surface area contributed by atoms with E-state index in [1.54, 1.807) is 0 Å². The van der Waals surface area contributed by atoms with Gasteiger partial charge in [0.1, 0.15) is 12.1 Å². The maximum atomic E-state index is 12.4. The molecular weight excluding hydrogens is 316 g/mol. The first-order valence-electron chi connectivity index (χ1n) is 8.51. The Morgan fingerprint density at radius 3 is 2.60 bits per heavy atom. The van der Waals surface area contributed by atoms with E-state index in [0.717, 1.165) is 27.7 Å². The van der Waals surface area contributed by atoms with Crippen molar-refractivity contribution in [2.75, 3.05) is 6.61 Å².